The molecule has 0 amide bonds. The highest BCUT2D eigenvalue weighted by Crippen LogP contribution is 2.21. The average Bonchev–Trinajstić information content (AvgIpc) is 2.67. The smallest absolute Gasteiger partial charge is 0.192 e. The molecule has 1 aliphatic rings. The third kappa shape index (κ3) is 2.10. The van der Waals surface area contributed by atoms with Gasteiger partial charge in [0.05, 0.1) is 12.3 Å². The van der Waals surface area contributed by atoms with E-state index in [0.717, 1.165) is 30.4 Å². The van der Waals surface area contributed by atoms with E-state index in [1.54, 1.807) is 0 Å². The molecule has 1 aromatic rings. The number of nitrogens with zero attached hydrogens (tertiary/aromatic N) is 1. The molecule has 1 unspecified atom stereocenters. The van der Waals surface area contributed by atoms with Crippen LogP contribution in [0.4, 0.5) is 5.69 Å². The highest BCUT2D eigenvalue weighted by atomic mass is 32.1. The van der Waals surface area contributed by atoms with Crippen LogP contribution in [-0.2, 0) is 4.74 Å². The zero-order chi connectivity index (χ0) is 9.80. The predicted octanol–water partition coefficient (Wildman–Crippen LogP) is 2.68. The van der Waals surface area contributed by atoms with Crippen LogP contribution in [0.15, 0.2) is 35.3 Å². The van der Waals surface area contributed by atoms with Gasteiger partial charge in [-0.2, -0.15) is 12.6 Å². The predicted molar refractivity (Wildman–Crippen MR) is 61.4 cm³/mol. The number of ether oxygens (including phenoxy) is 1. The Kier molecular flexibility index (Phi) is 3.09. The van der Waals surface area contributed by atoms with Crippen molar-refractivity contribution in [2.75, 3.05) is 12.4 Å². The second-order valence-electron chi connectivity index (χ2n) is 3.30. The minimum absolute atomic E-state index is 0.388. The normalized spacial score (nSPS) is 23.8. The molecule has 3 heteroatoms. The summed E-state index contributed by atoms with van der Waals surface area (Å²) in [4.78, 5) is 4.46. The van der Waals surface area contributed by atoms with Crippen LogP contribution in [0.2, 0.25) is 0 Å². The van der Waals surface area contributed by atoms with E-state index in [1.165, 1.54) is 0 Å². The molecule has 1 atom stereocenters. The third-order valence-corrected chi connectivity index (χ3v) is 2.72. The fraction of sp³-hybridized carbons (Fsp3) is 0.364. The van der Waals surface area contributed by atoms with Gasteiger partial charge in [-0.25, -0.2) is 4.99 Å². The molecule has 0 saturated carbocycles. The van der Waals surface area contributed by atoms with Crippen molar-refractivity contribution in [2.24, 2.45) is 10.9 Å². The molecular weight excluding hydrogens is 194 g/mol. The number of para-hydroxylation sites is 1. The van der Waals surface area contributed by atoms with Gasteiger partial charge in [0.15, 0.2) is 5.90 Å². The van der Waals surface area contributed by atoms with E-state index in [0.29, 0.717) is 5.92 Å². The monoisotopic (exact) mass is 207 g/mol. The standard InChI is InChI=1S/C11H13NOS/c14-8-9-6-7-13-11(9)12-10-4-2-1-3-5-10/h1-5,9,14H,6-8H2. The summed E-state index contributed by atoms with van der Waals surface area (Å²) < 4.78 is 5.46. The lowest BCUT2D eigenvalue weighted by Gasteiger charge is -2.04. The highest BCUT2D eigenvalue weighted by Gasteiger charge is 2.22. The molecule has 0 spiro atoms. The zero-order valence-electron chi connectivity index (χ0n) is 7.89. The van der Waals surface area contributed by atoms with Gasteiger partial charge >= 0.3 is 0 Å². The first-order chi connectivity index (χ1) is 6.90. The summed E-state index contributed by atoms with van der Waals surface area (Å²) in [6.45, 7) is 0.775. The number of hydrogen-bond donors (Lipinski definition) is 1. The Bertz CT molecular complexity index is 323. The lowest BCUT2D eigenvalue weighted by Crippen LogP contribution is -2.09. The van der Waals surface area contributed by atoms with E-state index in [9.17, 15) is 0 Å². The minimum atomic E-state index is 0.388. The molecule has 0 aliphatic carbocycles. The van der Waals surface area contributed by atoms with Gasteiger partial charge < -0.3 is 4.74 Å². The van der Waals surface area contributed by atoms with Crippen LogP contribution in [0.3, 0.4) is 0 Å². The van der Waals surface area contributed by atoms with Crippen molar-refractivity contribution in [2.45, 2.75) is 6.42 Å². The molecular formula is C11H13NOS. The van der Waals surface area contributed by atoms with Crippen LogP contribution >= 0.6 is 12.6 Å². The largest absolute Gasteiger partial charge is 0.480 e. The molecule has 0 N–H and O–H groups in total. The van der Waals surface area contributed by atoms with E-state index < -0.39 is 0 Å². The number of aliphatic imine (C=N–C) groups is 1. The maximum absolute atomic E-state index is 5.46. The molecule has 1 fully saturated rings. The number of hydrogen-bond acceptors (Lipinski definition) is 3. The van der Waals surface area contributed by atoms with Crippen LogP contribution < -0.4 is 0 Å². The Hall–Kier alpha value is -0.960. The van der Waals surface area contributed by atoms with Gasteiger partial charge in [0.2, 0.25) is 0 Å². The Labute approximate surface area is 89.4 Å². The highest BCUT2D eigenvalue weighted by molar-refractivity contribution is 7.80. The second-order valence-corrected chi connectivity index (χ2v) is 3.67. The first kappa shape index (κ1) is 9.59. The maximum Gasteiger partial charge on any atom is 0.192 e. The Morgan fingerprint density at radius 2 is 2.14 bits per heavy atom. The molecule has 2 nitrogen and oxygen atoms in total. The molecule has 2 rings (SSSR count). The maximum atomic E-state index is 5.46. The van der Waals surface area contributed by atoms with Gasteiger partial charge in [0, 0.05) is 11.7 Å². The quantitative estimate of drug-likeness (QED) is 0.740. The lowest BCUT2D eigenvalue weighted by atomic mass is 10.1. The second kappa shape index (κ2) is 4.51. The summed E-state index contributed by atoms with van der Waals surface area (Å²) in [5.41, 5.74) is 0.955. The van der Waals surface area contributed by atoms with Crippen molar-refractivity contribution in [3.8, 4) is 0 Å². The first-order valence-corrected chi connectivity index (χ1v) is 5.40. The fourth-order valence-electron chi connectivity index (χ4n) is 1.47. The summed E-state index contributed by atoms with van der Waals surface area (Å²) in [5, 5.41) is 0. The van der Waals surface area contributed by atoms with Crippen LogP contribution in [0.1, 0.15) is 6.42 Å². The van der Waals surface area contributed by atoms with Gasteiger partial charge in [-0.15, -0.1) is 0 Å². The van der Waals surface area contributed by atoms with E-state index in [-0.39, 0.29) is 0 Å². The molecule has 1 heterocycles. The summed E-state index contributed by atoms with van der Waals surface area (Å²) in [5.74, 6) is 2.04. The van der Waals surface area contributed by atoms with E-state index in [1.807, 2.05) is 30.3 Å². The molecule has 74 valence electrons. The van der Waals surface area contributed by atoms with Gasteiger partial charge in [0.25, 0.3) is 0 Å². The van der Waals surface area contributed by atoms with E-state index in [2.05, 4.69) is 17.6 Å². The molecule has 1 aliphatic heterocycles. The SMILES string of the molecule is SCC1CCOC1=Nc1ccccc1. The number of benzene rings is 1. The molecule has 0 bridgehead atoms. The lowest BCUT2D eigenvalue weighted by molar-refractivity contribution is 0.344. The summed E-state index contributed by atoms with van der Waals surface area (Å²) in [6.07, 6.45) is 1.04. The Morgan fingerprint density at radius 3 is 2.86 bits per heavy atom. The summed E-state index contributed by atoms with van der Waals surface area (Å²) in [6, 6.07) is 9.89. The molecule has 1 saturated heterocycles. The molecule has 0 radical (unpaired) electrons. The van der Waals surface area contributed by atoms with Gasteiger partial charge in [-0.3, -0.25) is 0 Å². The van der Waals surface area contributed by atoms with Crippen LogP contribution in [0.25, 0.3) is 0 Å². The van der Waals surface area contributed by atoms with Gasteiger partial charge in [-0.1, -0.05) is 18.2 Å². The average molecular weight is 207 g/mol. The summed E-state index contributed by atoms with van der Waals surface area (Å²) in [7, 11) is 0. The number of thiol groups is 1. The van der Waals surface area contributed by atoms with E-state index in [4.69, 9.17) is 4.74 Å². The third-order valence-electron chi connectivity index (χ3n) is 2.28. The molecule has 14 heavy (non-hydrogen) atoms. The van der Waals surface area contributed by atoms with Crippen LogP contribution in [0, 0.1) is 5.92 Å². The van der Waals surface area contributed by atoms with Crippen molar-refractivity contribution < 1.29 is 4.74 Å². The van der Waals surface area contributed by atoms with Crippen molar-refractivity contribution in [1.82, 2.24) is 0 Å². The van der Waals surface area contributed by atoms with Crippen molar-refractivity contribution in [1.29, 1.82) is 0 Å². The Morgan fingerprint density at radius 1 is 1.36 bits per heavy atom. The Balaban J connectivity index is 2.18. The number of rotatable bonds is 2. The van der Waals surface area contributed by atoms with Crippen molar-refractivity contribution in [3.05, 3.63) is 30.3 Å². The molecule has 1 aromatic carbocycles. The first-order valence-electron chi connectivity index (χ1n) is 4.77. The molecule has 0 aromatic heterocycles. The topological polar surface area (TPSA) is 21.6 Å². The zero-order valence-corrected chi connectivity index (χ0v) is 8.78. The van der Waals surface area contributed by atoms with Gasteiger partial charge in [-0.05, 0) is 18.6 Å². The van der Waals surface area contributed by atoms with Crippen molar-refractivity contribution in [3.63, 3.8) is 0 Å². The fourth-order valence-corrected chi connectivity index (χ4v) is 1.81. The van der Waals surface area contributed by atoms with Crippen LogP contribution in [-0.4, -0.2) is 18.3 Å². The van der Waals surface area contributed by atoms with E-state index >= 15 is 0 Å². The summed E-state index contributed by atoms with van der Waals surface area (Å²) >= 11 is 4.28. The minimum Gasteiger partial charge on any atom is -0.480 e. The van der Waals surface area contributed by atoms with Gasteiger partial charge in [0.1, 0.15) is 0 Å². The van der Waals surface area contributed by atoms with Crippen molar-refractivity contribution >= 4 is 24.2 Å². The van der Waals surface area contributed by atoms with Crippen LogP contribution in [0.5, 0.6) is 0 Å².